The van der Waals surface area contributed by atoms with Gasteiger partial charge in [-0.3, -0.25) is 9.36 Å². The highest BCUT2D eigenvalue weighted by Crippen LogP contribution is 2.28. The minimum Gasteiger partial charge on any atom is -0.497 e. The number of fused-ring (bicyclic) bond motifs is 2. The molecule has 5 aromatic rings. The molecule has 3 aromatic carbocycles. The molecule has 0 spiro atoms. The Morgan fingerprint density at radius 3 is 2.59 bits per heavy atom. The van der Waals surface area contributed by atoms with Gasteiger partial charge in [0.1, 0.15) is 17.1 Å². The van der Waals surface area contributed by atoms with Crippen molar-refractivity contribution in [3.05, 3.63) is 111 Å². The molecule has 0 amide bonds. The maximum Gasteiger partial charge on any atom is 0.336 e. The highest BCUT2D eigenvalue weighted by Gasteiger charge is 2.14. The number of ether oxygens (including phenoxy) is 1. The van der Waals surface area contributed by atoms with E-state index in [1.165, 1.54) is 30.0 Å². The van der Waals surface area contributed by atoms with Gasteiger partial charge in [-0.2, -0.15) is 0 Å². The smallest absolute Gasteiger partial charge is 0.336 e. The van der Waals surface area contributed by atoms with E-state index in [0.717, 1.165) is 16.5 Å². The second kappa shape index (κ2) is 9.15. The molecule has 2 heterocycles. The molecule has 0 N–H and O–H groups in total. The van der Waals surface area contributed by atoms with Crippen molar-refractivity contribution in [3.63, 3.8) is 0 Å². The Hall–Kier alpha value is -3.91. The van der Waals surface area contributed by atoms with Crippen LogP contribution in [-0.4, -0.2) is 16.7 Å². The monoisotopic (exact) mass is 474 g/mol. The van der Waals surface area contributed by atoms with Crippen LogP contribution in [0.3, 0.4) is 0 Å². The minimum atomic E-state index is -0.466. The third-order valence-corrected chi connectivity index (χ3v) is 6.50. The average molecular weight is 475 g/mol. The molecule has 0 atom stereocenters. The van der Waals surface area contributed by atoms with Crippen LogP contribution in [0.2, 0.25) is 0 Å². The summed E-state index contributed by atoms with van der Waals surface area (Å²) in [6.45, 7) is 0.244. The van der Waals surface area contributed by atoms with Gasteiger partial charge in [0.25, 0.3) is 5.56 Å². The van der Waals surface area contributed by atoms with E-state index >= 15 is 0 Å². The van der Waals surface area contributed by atoms with Gasteiger partial charge in [-0.15, -0.1) is 0 Å². The molecular formula is C26H19FN2O4S. The molecule has 0 aliphatic carbocycles. The lowest BCUT2D eigenvalue weighted by Crippen LogP contribution is -2.24. The van der Waals surface area contributed by atoms with Crippen LogP contribution in [-0.2, 0) is 12.3 Å². The fourth-order valence-electron chi connectivity index (χ4n) is 3.77. The van der Waals surface area contributed by atoms with E-state index in [9.17, 15) is 14.0 Å². The van der Waals surface area contributed by atoms with Crippen LogP contribution in [0.1, 0.15) is 11.1 Å². The average Bonchev–Trinajstić information content (AvgIpc) is 2.85. The van der Waals surface area contributed by atoms with E-state index in [4.69, 9.17) is 14.1 Å². The second-order valence-electron chi connectivity index (χ2n) is 7.67. The third kappa shape index (κ3) is 4.32. The number of nitrogens with zero attached hydrogens (tertiary/aromatic N) is 2. The number of thioether (sulfide) groups is 1. The van der Waals surface area contributed by atoms with Crippen LogP contribution < -0.4 is 15.9 Å². The van der Waals surface area contributed by atoms with E-state index in [2.05, 4.69) is 0 Å². The van der Waals surface area contributed by atoms with Gasteiger partial charge in [-0.05, 0) is 47.5 Å². The quantitative estimate of drug-likeness (QED) is 0.196. The largest absolute Gasteiger partial charge is 0.497 e. The maximum absolute atomic E-state index is 13.4. The van der Waals surface area contributed by atoms with Crippen molar-refractivity contribution < 1.29 is 13.5 Å². The molecule has 0 radical (unpaired) electrons. The number of halogens is 1. The van der Waals surface area contributed by atoms with Crippen LogP contribution in [0.25, 0.3) is 21.9 Å². The summed E-state index contributed by atoms with van der Waals surface area (Å²) < 4.78 is 25.5. The predicted molar refractivity (Wildman–Crippen MR) is 130 cm³/mol. The predicted octanol–water partition coefficient (Wildman–Crippen LogP) is 4.99. The van der Waals surface area contributed by atoms with Crippen molar-refractivity contribution in [1.29, 1.82) is 0 Å². The van der Waals surface area contributed by atoms with Crippen molar-refractivity contribution in [2.45, 2.75) is 17.5 Å². The van der Waals surface area contributed by atoms with Crippen molar-refractivity contribution >= 4 is 33.6 Å². The van der Waals surface area contributed by atoms with Gasteiger partial charge in [0.15, 0.2) is 5.16 Å². The second-order valence-corrected chi connectivity index (χ2v) is 8.61. The molecule has 170 valence electrons. The Labute approximate surface area is 197 Å². The maximum atomic E-state index is 13.4. The first kappa shape index (κ1) is 21.9. The number of para-hydroxylation sites is 1. The number of methoxy groups -OCH3 is 1. The van der Waals surface area contributed by atoms with Gasteiger partial charge >= 0.3 is 5.63 Å². The van der Waals surface area contributed by atoms with Gasteiger partial charge in [0.2, 0.25) is 0 Å². The van der Waals surface area contributed by atoms with Crippen molar-refractivity contribution in [3.8, 4) is 5.75 Å². The van der Waals surface area contributed by atoms with Crippen LogP contribution in [0.5, 0.6) is 5.75 Å². The molecule has 0 bridgehead atoms. The zero-order valence-electron chi connectivity index (χ0n) is 18.2. The molecule has 0 aliphatic rings. The Kier molecular flexibility index (Phi) is 5.90. The standard InChI is InChI=1S/C26H19FN2O4S/c1-32-19-10-11-20-17(12-24(30)33-23(20)13-19)15-34-26-28-22-5-3-2-4-21(22)25(31)29(26)14-16-6-8-18(27)9-7-16/h2-13H,14-15H2,1H3. The molecule has 0 aliphatic heterocycles. The molecule has 0 saturated heterocycles. The summed E-state index contributed by atoms with van der Waals surface area (Å²) in [4.78, 5) is 30.2. The van der Waals surface area contributed by atoms with Gasteiger partial charge in [-0.25, -0.2) is 14.2 Å². The first-order valence-corrected chi connectivity index (χ1v) is 11.5. The number of rotatable bonds is 6. The molecule has 0 unspecified atom stereocenters. The van der Waals surface area contributed by atoms with Crippen LogP contribution in [0.15, 0.2) is 92.0 Å². The Morgan fingerprint density at radius 1 is 1.00 bits per heavy atom. The lowest BCUT2D eigenvalue weighted by Gasteiger charge is -2.14. The number of hydrogen-bond acceptors (Lipinski definition) is 6. The van der Waals surface area contributed by atoms with E-state index in [1.54, 1.807) is 54.1 Å². The summed E-state index contributed by atoms with van der Waals surface area (Å²) in [5.41, 5.74) is 1.91. The number of benzene rings is 3. The highest BCUT2D eigenvalue weighted by molar-refractivity contribution is 7.98. The normalized spacial score (nSPS) is 11.2. The summed E-state index contributed by atoms with van der Waals surface area (Å²) >= 11 is 1.35. The highest BCUT2D eigenvalue weighted by atomic mass is 32.2. The minimum absolute atomic E-state index is 0.181. The zero-order valence-corrected chi connectivity index (χ0v) is 19.0. The van der Waals surface area contributed by atoms with E-state index < -0.39 is 5.63 Å². The topological polar surface area (TPSA) is 74.3 Å². The Morgan fingerprint density at radius 2 is 1.79 bits per heavy atom. The SMILES string of the molecule is COc1ccc2c(CSc3nc4ccccc4c(=O)n3Cc3ccc(F)cc3)cc(=O)oc2c1. The van der Waals surface area contributed by atoms with Crippen molar-refractivity contribution in [2.24, 2.45) is 0 Å². The van der Waals surface area contributed by atoms with Crippen LogP contribution in [0, 0.1) is 5.82 Å². The van der Waals surface area contributed by atoms with Gasteiger partial charge in [0, 0.05) is 23.3 Å². The van der Waals surface area contributed by atoms with E-state index in [1.807, 2.05) is 12.1 Å². The number of aromatic nitrogens is 2. The fraction of sp³-hybridized carbons (Fsp3) is 0.115. The van der Waals surface area contributed by atoms with Gasteiger partial charge in [0.05, 0.1) is 24.6 Å². The Balaban J connectivity index is 1.56. The van der Waals surface area contributed by atoms with E-state index in [-0.39, 0.29) is 17.9 Å². The van der Waals surface area contributed by atoms with Crippen molar-refractivity contribution in [2.75, 3.05) is 7.11 Å². The molecule has 5 rings (SSSR count). The summed E-state index contributed by atoms with van der Waals surface area (Å²) in [7, 11) is 1.55. The summed E-state index contributed by atoms with van der Waals surface area (Å²) in [6, 6.07) is 19.9. The zero-order chi connectivity index (χ0) is 23.7. The first-order valence-electron chi connectivity index (χ1n) is 10.5. The lowest BCUT2D eigenvalue weighted by atomic mass is 10.1. The van der Waals surface area contributed by atoms with Crippen LogP contribution in [0.4, 0.5) is 4.39 Å². The summed E-state index contributed by atoms with van der Waals surface area (Å²) in [5.74, 6) is 0.640. The fourth-order valence-corrected chi connectivity index (χ4v) is 4.76. The molecule has 6 nitrogen and oxygen atoms in total. The molecular weight excluding hydrogens is 455 g/mol. The summed E-state index contributed by atoms with van der Waals surface area (Å²) in [5, 5.41) is 1.79. The van der Waals surface area contributed by atoms with Crippen LogP contribution >= 0.6 is 11.8 Å². The molecule has 0 saturated carbocycles. The number of hydrogen-bond donors (Lipinski definition) is 0. The molecule has 2 aromatic heterocycles. The van der Waals surface area contributed by atoms with Gasteiger partial charge < -0.3 is 9.15 Å². The summed E-state index contributed by atoms with van der Waals surface area (Å²) in [6.07, 6.45) is 0. The Bertz CT molecular complexity index is 1630. The molecule has 0 fully saturated rings. The van der Waals surface area contributed by atoms with Gasteiger partial charge in [-0.1, -0.05) is 36.0 Å². The third-order valence-electron chi connectivity index (χ3n) is 5.47. The molecule has 34 heavy (non-hydrogen) atoms. The molecule has 8 heteroatoms. The lowest BCUT2D eigenvalue weighted by molar-refractivity contribution is 0.414. The van der Waals surface area contributed by atoms with E-state index in [0.29, 0.717) is 33.1 Å². The van der Waals surface area contributed by atoms with Crippen molar-refractivity contribution in [1.82, 2.24) is 9.55 Å². The first-order chi connectivity index (χ1) is 16.5.